The van der Waals surface area contributed by atoms with E-state index in [4.69, 9.17) is 15.7 Å². The van der Waals surface area contributed by atoms with E-state index < -0.39 is 47.2 Å². The largest absolute Gasteiger partial charge is 0.394 e. The Labute approximate surface area is 400 Å². The number of hydrogen-bond donors (Lipinski definition) is 2. The molecule has 2 aromatic heterocycles. The molecule has 0 saturated carbocycles. The molecule has 4 aromatic carbocycles. The maximum absolute atomic E-state index is 13.3. The molecule has 2 aliphatic rings. The highest BCUT2D eigenvalue weighted by Crippen LogP contribution is 2.42. The van der Waals surface area contributed by atoms with Crippen molar-refractivity contribution in [2.24, 2.45) is 16.6 Å². The van der Waals surface area contributed by atoms with Crippen LogP contribution in [0, 0.1) is 10.8 Å². The molecule has 0 radical (unpaired) electrons. The van der Waals surface area contributed by atoms with E-state index in [0.717, 1.165) is 45.3 Å². The number of amides is 4. The first kappa shape index (κ1) is 49.0. The molecule has 0 unspecified atom stereocenters. The van der Waals surface area contributed by atoms with Gasteiger partial charge in [-0.25, -0.2) is 9.97 Å². The predicted molar refractivity (Wildman–Crippen MR) is 263 cm³/mol. The van der Waals surface area contributed by atoms with Gasteiger partial charge in [-0.1, -0.05) is 163 Å². The van der Waals surface area contributed by atoms with Gasteiger partial charge < -0.3 is 39.6 Å². The minimum absolute atomic E-state index is 0.212. The van der Waals surface area contributed by atoms with Gasteiger partial charge in [0, 0.05) is 70.3 Å². The van der Waals surface area contributed by atoms with Crippen molar-refractivity contribution in [2.75, 3.05) is 40.3 Å². The molecule has 3 N–H and O–H groups in total. The summed E-state index contributed by atoms with van der Waals surface area (Å²) in [6.07, 6.45) is 4.06. The van der Waals surface area contributed by atoms with Crippen molar-refractivity contribution in [3.05, 3.63) is 156 Å². The smallest absolute Gasteiger partial charge is 0.312 e. The maximum Gasteiger partial charge on any atom is 0.312 e. The third-order valence-electron chi connectivity index (χ3n) is 12.8. The third kappa shape index (κ3) is 10.6. The van der Waals surface area contributed by atoms with Crippen molar-refractivity contribution >= 4 is 23.6 Å². The van der Waals surface area contributed by atoms with Gasteiger partial charge in [0.05, 0.1) is 42.2 Å². The fourth-order valence-electron chi connectivity index (χ4n) is 9.20. The Bertz CT molecular complexity index is 2490. The molecule has 0 aliphatic carbocycles. The minimum atomic E-state index is -0.607. The number of aliphatic hydroxyl groups is 1. The molecule has 14 nitrogen and oxygen atoms in total. The molecule has 4 heterocycles. The molecule has 4 amide bonds. The number of rotatable bonds is 12. The molecule has 14 heteroatoms. The summed E-state index contributed by atoms with van der Waals surface area (Å²) in [6, 6.07) is 38.6. The van der Waals surface area contributed by atoms with Crippen LogP contribution in [0.25, 0.3) is 22.5 Å². The molecule has 356 valence electrons. The number of carbonyl (C=O) groups is 4. The number of nitrogens with two attached hydrogens (primary N) is 1. The number of benzene rings is 4. The lowest BCUT2D eigenvalue weighted by molar-refractivity contribution is -0.163. The van der Waals surface area contributed by atoms with Gasteiger partial charge in [0.25, 0.3) is 0 Å². The molecule has 2 fully saturated rings. The molecular formula is C54H65N9O5. The van der Waals surface area contributed by atoms with Gasteiger partial charge in [-0.3, -0.25) is 19.2 Å². The van der Waals surface area contributed by atoms with Gasteiger partial charge in [0.1, 0.15) is 11.6 Å². The molecule has 2 saturated heterocycles. The van der Waals surface area contributed by atoms with Crippen LogP contribution in [0.3, 0.4) is 0 Å². The zero-order chi connectivity index (χ0) is 48.9. The Hall–Kier alpha value is -6.90. The average molecular weight is 920 g/mol. The molecule has 8 rings (SSSR count). The number of aliphatic hydroxyl groups excluding tert-OH is 1. The normalized spacial score (nSPS) is 17.9. The lowest BCUT2D eigenvalue weighted by Gasteiger charge is -2.45. The van der Waals surface area contributed by atoms with Gasteiger partial charge in [0.2, 0.25) is 0 Å². The summed E-state index contributed by atoms with van der Waals surface area (Å²) in [5.74, 6) is -0.732. The lowest BCUT2D eigenvalue weighted by atomic mass is 9.84. The number of imidazole rings is 2. The molecule has 4 atom stereocenters. The van der Waals surface area contributed by atoms with Gasteiger partial charge in [0.15, 0.2) is 0 Å². The van der Waals surface area contributed by atoms with Crippen LogP contribution in [-0.4, -0.2) is 120 Å². The highest BCUT2D eigenvalue weighted by atomic mass is 16.3. The Balaban J connectivity index is 0.000000201. The molecule has 0 bridgehead atoms. The Kier molecular flexibility index (Phi) is 14.8. The summed E-state index contributed by atoms with van der Waals surface area (Å²) in [7, 11) is 3.21. The van der Waals surface area contributed by atoms with Gasteiger partial charge in [-0.2, -0.15) is 0 Å². The zero-order valence-corrected chi connectivity index (χ0v) is 40.5. The van der Waals surface area contributed by atoms with Crippen molar-refractivity contribution in [3.63, 3.8) is 0 Å². The second-order valence-electron chi connectivity index (χ2n) is 19.9. The van der Waals surface area contributed by atoms with Gasteiger partial charge in [-0.15, -0.1) is 0 Å². The van der Waals surface area contributed by atoms with Crippen LogP contribution in [0.2, 0.25) is 0 Å². The fourth-order valence-corrected chi connectivity index (χ4v) is 9.20. The van der Waals surface area contributed by atoms with E-state index in [1.54, 1.807) is 23.9 Å². The standard InChI is InChI=1S/C27H33N5O2.C27H32N4O3/c1-27(2,3)23(32-17-21(15-28)30(4)25(33)26(32)34)24-29-22(20-13-9-6-10-14-20)18-31(24)16-19-11-7-5-8-12-19;1-27(2,3)23(31-16-21(18-32)29(4)25(33)26(31)34)24-28-22(20-13-9-6-10-14-20)17-30(24)15-19-11-7-5-8-12-19/h5-14,18,21,23H,15-17,28H2,1-4H3;5-14,17,21,23,32H,15-16,18H2,1-4H3/t21-,23+;21-,23-/m10/s1. The first-order valence-electron chi connectivity index (χ1n) is 23.2. The van der Waals surface area contributed by atoms with Crippen LogP contribution in [-0.2, 0) is 32.3 Å². The summed E-state index contributed by atoms with van der Waals surface area (Å²) in [5.41, 5.74) is 11.1. The summed E-state index contributed by atoms with van der Waals surface area (Å²) in [4.78, 5) is 68.2. The van der Waals surface area contributed by atoms with Crippen molar-refractivity contribution in [3.8, 4) is 22.5 Å². The number of likely N-dealkylation sites (N-methyl/N-ethyl adjacent to an activating group) is 2. The van der Waals surface area contributed by atoms with Crippen LogP contribution in [0.5, 0.6) is 0 Å². The Morgan fingerprint density at radius 3 is 1.22 bits per heavy atom. The lowest BCUT2D eigenvalue weighted by Crippen LogP contribution is -2.62. The third-order valence-corrected chi connectivity index (χ3v) is 12.8. The van der Waals surface area contributed by atoms with E-state index in [0.29, 0.717) is 19.6 Å². The number of piperazine rings is 2. The van der Waals surface area contributed by atoms with E-state index in [1.807, 2.05) is 130 Å². The van der Waals surface area contributed by atoms with E-state index in [9.17, 15) is 24.3 Å². The van der Waals surface area contributed by atoms with Crippen LogP contribution >= 0.6 is 0 Å². The average Bonchev–Trinajstić information content (AvgIpc) is 3.93. The van der Waals surface area contributed by atoms with Crippen LogP contribution in [0.15, 0.2) is 134 Å². The second-order valence-corrected chi connectivity index (χ2v) is 19.9. The van der Waals surface area contributed by atoms with Gasteiger partial charge in [-0.05, 0) is 22.0 Å². The Morgan fingerprint density at radius 2 is 0.882 bits per heavy atom. The zero-order valence-electron chi connectivity index (χ0n) is 40.5. The molecule has 68 heavy (non-hydrogen) atoms. The number of hydrogen-bond acceptors (Lipinski definition) is 8. The van der Waals surface area contributed by atoms with Crippen molar-refractivity contribution in [2.45, 2.75) is 78.8 Å². The van der Waals surface area contributed by atoms with Gasteiger partial charge >= 0.3 is 23.6 Å². The summed E-state index contributed by atoms with van der Waals surface area (Å²) in [5, 5.41) is 9.89. The first-order valence-corrected chi connectivity index (χ1v) is 23.2. The highest BCUT2D eigenvalue weighted by molar-refractivity contribution is 6.36. The van der Waals surface area contributed by atoms with Crippen LogP contribution < -0.4 is 5.73 Å². The predicted octanol–water partition coefficient (Wildman–Crippen LogP) is 6.66. The maximum atomic E-state index is 13.3. The second kappa shape index (κ2) is 20.5. The first-order chi connectivity index (χ1) is 32.4. The summed E-state index contributed by atoms with van der Waals surface area (Å²) >= 11 is 0. The summed E-state index contributed by atoms with van der Waals surface area (Å²) < 4.78 is 4.19. The highest BCUT2D eigenvalue weighted by Gasteiger charge is 2.47. The quantitative estimate of drug-likeness (QED) is 0.129. The topological polar surface area (TPSA) is 163 Å². The number of carbonyl (C=O) groups excluding carboxylic acids is 4. The Morgan fingerprint density at radius 1 is 0.544 bits per heavy atom. The fraction of sp³-hybridized carbons (Fsp3) is 0.370. The number of aromatic nitrogens is 4. The summed E-state index contributed by atoms with van der Waals surface area (Å²) in [6.45, 7) is 14.3. The molecule has 0 spiro atoms. The minimum Gasteiger partial charge on any atom is -0.394 e. The van der Waals surface area contributed by atoms with E-state index in [2.05, 4.69) is 54.2 Å². The van der Waals surface area contributed by atoms with Crippen molar-refractivity contribution in [1.29, 1.82) is 0 Å². The van der Waals surface area contributed by atoms with Crippen molar-refractivity contribution in [1.82, 2.24) is 38.7 Å². The van der Waals surface area contributed by atoms with E-state index in [-0.39, 0.29) is 31.2 Å². The SMILES string of the molecule is CN1C(=O)C(=O)N([C@@H](c2nc(-c3ccccc3)cn2Cc2ccccc2)C(C)(C)C)C[C@H]1CN.CN1C(=O)C(=O)N([C@@H](c2nc(-c3ccccc3)cn2Cc2ccccc2)C(C)(C)C)C[C@H]1CO. The monoisotopic (exact) mass is 920 g/mol. The molecule has 2 aliphatic heterocycles. The van der Waals surface area contributed by atoms with E-state index in [1.165, 1.54) is 9.80 Å². The van der Waals surface area contributed by atoms with Crippen LogP contribution in [0.4, 0.5) is 0 Å². The number of nitrogens with zero attached hydrogens (tertiary/aromatic N) is 8. The molecule has 6 aromatic rings. The van der Waals surface area contributed by atoms with Crippen molar-refractivity contribution < 1.29 is 24.3 Å². The van der Waals surface area contributed by atoms with E-state index >= 15 is 0 Å². The van der Waals surface area contributed by atoms with Crippen LogP contribution in [0.1, 0.15) is 76.4 Å². The molecular weight excluding hydrogens is 855 g/mol.